The maximum Gasteiger partial charge on any atom is 0.255 e. The molecule has 1 aliphatic rings. The summed E-state index contributed by atoms with van der Waals surface area (Å²) in [4.78, 5) is 14.9. The molecule has 0 atom stereocenters. The number of anilines is 2. The van der Waals surface area contributed by atoms with Gasteiger partial charge in [0, 0.05) is 22.2 Å². The second-order valence-corrected chi connectivity index (χ2v) is 7.40. The van der Waals surface area contributed by atoms with Crippen molar-refractivity contribution in [2.45, 2.75) is 19.8 Å². The average molecular weight is 420 g/mol. The van der Waals surface area contributed by atoms with Crippen LogP contribution in [-0.2, 0) is 0 Å². The van der Waals surface area contributed by atoms with E-state index >= 15 is 0 Å². The smallest absolute Gasteiger partial charge is 0.255 e. The van der Waals surface area contributed by atoms with E-state index in [-0.39, 0.29) is 5.91 Å². The van der Waals surface area contributed by atoms with Gasteiger partial charge in [-0.15, -0.1) is 0 Å². The molecule has 1 fully saturated rings. The van der Waals surface area contributed by atoms with Gasteiger partial charge in [-0.2, -0.15) is 0 Å². The van der Waals surface area contributed by atoms with Gasteiger partial charge in [-0.25, -0.2) is 0 Å². The van der Waals surface area contributed by atoms with Gasteiger partial charge in [0.25, 0.3) is 5.91 Å². The number of hydrogen-bond acceptors (Lipinski definition) is 2. The first kappa shape index (κ1) is 16.3. The van der Waals surface area contributed by atoms with Gasteiger partial charge in [0.15, 0.2) is 0 Å². The van der Waals surface area contributed by atoms with Gasteiger partial charge in [-0.3, -0.25) is 4.79 Å². The molecule has 3 nitrogen and oxygen atoms in total. The molecule has 0 aliphatic carbocycles. The molecular formula is C19H21IN2O. The van der Waals surface area contributed by atoms with Crippen molar-refractivity contribution in [1.29, 1.82) is 0 Å². The van der Waals surface area contributed by atoms with Crippen molar-refractivity contribution >= 4 is 39.9 Å². The number of halogens is 1. The first-order valence-corrected chi connectivity index (χ1v) is 9.12. The molecule has 0 radical (unpaired) electrons. The van der Waals surface area contributed by atoms with Crippen LogP contribution in [-0.4, -0.2) is 19.0 Å². The molecular weight excluding hydrogens is 399 g/mol. The van der Waals surface area contributed by atoms with Crippen molar-refractivity contribution in [2.24, 2.45) is 5.92 Å². The summed E-state index contributed by atoms with van der Waals surface area (Å²) in [5.41, 5.74) is 2.71. The molecule has 0 aromatic heterocycles. The number of carbonyl (C=O) groups excluding carboxylic acids is 1. The second-order valence-electron chi connectivity index (χ2n) is 6.15. The van der Waals surface area contributed by atoms with Gasteiger partial charge in [0.05, 0.1) is 11.4 Å². The Morgan fingerprint density at radius 2 is 1.87 bits per heavy atom. The highest BCUT2D eigenvalue weighted by molar-refractivity contribution is 14.1. The Labute approximate surface area is 151 Å². The number of piperidine rings is 1. The van der Waals surface area contributed by atoms with E-state index in [4.69, 9.17) is 0 Å². The Balaban J connectivity index is 1.79. The Hall–Kier alpha value is -1.56. The molecule has 1 amide bonds. The van der Waals surface area contributed by atoms with Crippen molar-refractivity contribution in [3.05, 3.63) is 57.7 Å². The van der Waals surface area contributed by atoms with Crippen molar-refractivity contribution in [3.63, 3.8) is 0 Å². The number of nitrogens with zero attached hydrogens (tertiary/aromatic N) is 1. The SMILES string of the molecule is CC1CCN(c2ccccc2NC(=O)c2cccc(I)c2)CC1. The molecule has 0 bridgehead atoms. The topological polar surface area (TPSA) is 32.3 Å². The maximum absolute atomic E-state index is 12.5. The molecule has 1 saturated heterocycles. The molecule has 1 aliphatic heterocycles. The number of carbonyl (C=O) groups is 1. The minimum atomic E-state index is -0.0543. The fraction of sp³-hybridized carbons (Fsp3) is 0.316. The average Bonchev–Trinajstić information content (AvgIpc) is 2.56. The van der Waals surface area contributed by atoms with Crippen LogP contribution >= 0.6 is 22.6 Å². The fourth-order valence-corrected chi connectivity index (χ4v) is 3.47. The summed E-state index contributed by atoms with van der Waals surface area (Å²) in [5.74, 6) is 0.737. The molecule has 23 heavy (non-hydrogen) atoms. The highest BCUT2D eigenvalue weighted by atomic mass is 127. The number of hydrogen-bond donors (Lipinski definition) is 1. The van der Waals surface area contributed by atoms with Crippen LogP contribution in [0.4, 0.5) is 11.4 Å². The molecule has 0 saturated carbocycles. The van der Waals surface area contributed by atoms with Crippen LogP contribution in [0.1, 0.15) is 30.1 Å². The lowest BCUT2D eigenvalue weighted by Crippen LogP contribution is -2.33. The summed E-state index contributed by atoms with van der Waals surface area (Å²) < 4.78 is 1.06. The Kier molecular flexibility index (Phi) is 5.20. The number of amides is 1. The molecule has 0 unspecified atom stereocenters. The molecule has 0 spiro atoms. The van der Waals surface area contributed by atoms with Crippen molar-refractivity contribution in [1.82, 2.24) is 0 Å². The molecule has 120 valence electrons. The van der Waals surface area contributed by atoms with Crippen molar-refractivity contribution in [2.75, 3.05) is 23.3 Å². The fourth-order valence-electron chi connectivity index (χ4n) is 2.93. The second kappa shape index (κ2) is 7.34. The molecule has 2 aromatic rings. The molecule has 4 heteroatoms. The van der Waals surface area contributed by atoms with Crippen LogP contribution in [0.3, 0.4) is 0 Å². The van der Waals surface area contributed by atoms with Crippen LogP contribution in [0.2, 0.25) is 0 Å². The van der Waals surface area contributed by atoms with Gasteiger partial charge in [-0.1, -0.05) is 25.1 Å². The van der Waals surface area contributed by atoms with Gasteiger partial charge in [-0.05, 0) is 71.7 Å². The van der Waals surface area contributed by atoms with E-state index in [1.807, 2.05) is 42.5 Å². The summed E-state index contributed by atoms with van der Waals surface area (Å²) in [5, 5.41) is 3.08. The van der Waals surface area contributed by atoms with E-state index in [0.29, 0.717) is 5.56 Å². The molecule has 1 heterocycles. The third-order valence-electron chi connectivity index (χ3n) is 4.36. The van der Waals surface area contributed by atoms with Crippen molar-refractivity contribution in [3.8, 4) is 0 Å². The number of para-hydroxylation sites is 2. The standard InChI is InChI=1S/C19H21IN2O/c1-14-9-11-22(12-10-14)18-8-3-2-7-17(18)21-19(23)15-5-4-6-16(20)13-15/h2-8,13-14H,9-12H2,1H3,(H,21,23). The molecule has 3 rings (SSSR count). The van der Waals surface area contributed by atoms with E-state index in [1.165, 1.54) is 12.8 Å². The minimum absolute atomic E-state index is 0.0543. The normalized spacial score (nSPS) is 15.5. The highest BCUT2D eigenvalue weighted by Gasteiger charge is 2.19. The number of rotatable bonds is 3. The predicted molar refractivity (Wildman–Crippen MR) is 104 cm³/mol. The third-order valence-corrected chi connectivity index (χ3v) is 5.03. The van der Waals surface area contributed by atoms with Crippen LogP contribution in [0, 0.1) is 9.49 Å². The number of nitrogens with one attached hydrogen (secondary N) is 1. The molecule has 1 N–H and O–H groups in total. The predicted octanol–water partition coefficient (Wildman–Crippen LogP) is 4.78. The van der Waals surface area contributed by atoms with E-state index in [0.717, 1.165) is 34.0 Å². The van der Waals surface area contributed by atoms with E-state index in [9.17, 15) is 4.79 Å². The Morgan fingerprint density at radius 3 is 2.61 bits per heavy atom. The summed E-state index contributed by atoms with van der Waals surface area (Å²) >= 11 is 2.23. The maximum atomic E-state index is 12.5. The zero-order valence-electron chi connectivity index (χ0n) is 13.3. The first-order valence-electron chi connectivity index (χ1n) is 8.04. The van der Waals surface area contributed by atoms with Gasteiger partial charge in [0.1, 0.15) is 0 Å². The van der Waals surface area contributed by atoms with Crippen LogP contribution in [0.25, 0.3) is 0 Å². The largest absolute Gasteiger partial charge is 0.370 e. The van der Waals surface area contributed by atoms with Gasteiger partial charge >= 0.3 is 0 Å². The van der Waals surface area contributed by atoms with E-state index in [1.54, 1.807) is 0 Å². The summed E-state index contributed by atoms with van der Waals surface area (Å²) in [6, 6.07) is 15.7. The third kappa shape index (κ3) is 4.05. The first-order chi connectivity index (χ1) is 11.1. The Morgan fingerprint density at radius 1 is 1.13 bits per heavy atom. The van der Waals surface area contributed by atoms with E-state index < -0.39 is 0 Å². The van der Waals surface area contributed by atoms with Crippen LogP contribution in [0.5, 0.6) is 0 Å². The monoisotopic (exact) mass is 420 g/mol. The number of benzene rings is 2. The summed E-state index contributed by atoms with van der Waals surface area (Å²) in [6.07, 6.45) is 2.42. The quantitative estimate of drug-likeness (QED) is 0.725. The van der Waals surface area contributed by atoms with Gasteiger partial charge < -0.3 is 10.2 Å². The van der Waals surface area contributed by atoms with Crippen LogP contribution < -0.4 is 10.2 Å². The lowest BCUT2D eigenvalue weighted by molar-refractivity contribution is 0.102. The van der Waals surface area contributed by atoms with Crippen LogP contribution in [0.15, 0.2) is 48.5 Å². The Bertz CT molecular complexity index is 693. The zero-order valence-corrected chi connectivity index (χ0v) is 15.4. The highest BCUT2D eigenvalue weighted by Crippen LogP contribution is 2.30. The summed E-state index contributed by atoms with van der Waals surface area (Å²) in [7, 11) is 0. The minimum Gasteiger partial charge on any atom is -0.370 e. The lowest BCUT2D eigenvalue weighted by Gasteiger charge is -2.33. The van der Waals surface area contributed by atoms with Crippen molar-refractivity contribution < 1.29 is 4.79 Å². The lowest BCUT2D eigenvalue weighted by atomic mass is 9.98. The zero-order chi connectivity index (χ0) is 16.2. The molecule has 2 aromatic carbocycles. The van der Waals surface area contributed by atoms with E-state index in [2.05, 4.69) is 45.8 Å². The summed E-state index contributed by atoms with van der Waals surface area (Å²) in [6.45, 7) is 4.41. The van der Waals surface area contributed by atoms with Gasteiger partial charge in [0.2, 0.25) is 0 Å².